The second-order valence-corrected chi connectivity index (χ2v) is 7.81. The molecule has 0 heterocycles. The van der Waals surface area contributed by atoms with Gasteiger partial charge in [-0.3, -0.25) is 9.59 Å². The quantitative estimate of drug-likeness (QED) is 0.304. The Balaban J connectivity index is 2.51. The monoisotopic (exact) mass is 368 g/mol. The number of carbonyl (C=O) groups excluding carboxylic acids is 1. The maximum Gasteiger partial charge on any atom is 0.303 e. The lowest BCUT2D eigenvalue weighted by atomic mass is 9.86. The van der Waals surface area contributed by atoms with Crippen molar-refractivity contribution in [1.29, 1.82) is 0 Å². The normalized spacial score (nSPS) is 23.3. The molecule has 0 saturated heterocycles. The highest BCUT2D eigenvalue weighted by Gasteiger charge is 2.38. The Morgan fingerprint density at radius 2 is 2.08 bits per heavy atom. The van der Waals surface area contributed by atoms with Crippen LogP contribution in [0.4, 0.5) is 0 Å². The Labute approximate surface area is 156 Å². The summed E-state index contributed by atoms with van der Waals surface area (Å²) in [6.07, 6.45) is 10.3. The molecule has 0 spiro atoms. The fourth-order valence-corrected chi connectivity index (χ4v) is 3.82. The van der Waals surface area contributed by atoms with E-state index in [1.165, 1.54) is 0 Å². The minimum atomic E-state index is -0.784. The predicted molar refractivity (Wildman–Crippen MR) is 104 cm³/mol. The molecule has 4 atom stereocenters. The standard InChI is InChI=1S/C20H32O4S/c1-3-4-5-8-16(21)12-15-13-18(25)20(24)17(15)9-6-7-14(2)10-11-19(22)23/h6-7,14-17,21H,3-5,8-13H2,1-2H3,(H,22,23). The summed E-state index contributed by atoms with van der Waals surface area (Å²) in [5.74, 6) is -0.540. The molecule has 1 aliphatic carbocycles. The van der Waals surface area contributed by atoms with E-state index in [9.17, 15) is 14.7 Å². The van der Waals surface area contributed by atoms with Crippen molar-refractivity contribution in [1.82, 2.24) is 0 Å². The van der Waals surface area contributed by atoms with Gasteiger partial charge in [-0.25, -0.2) is 0 Å². The number of rotatable bonds is 12. The molecule has 1 saturated carbocycles. The van der Waals surface area contributed by atoms with Crippen molar-refractivity contribution >= 4 is 28.8 Å². The van der Waals surface area contributed by atoms with Crippen LogP contribution in [-0.4, -0.2) is 32.9 Å². The number of hydrogen-bond donors (Lipinski definition) is 2. The third-order valence-corrected chi connectivity index (χ3v) is 5.38. The van der Waals surface area contributed by atoms with Crippen LogP contribution in [0.5, 0.6) is 0 Å². The first-order chi connectivity index (χ1) is 11.8. The number of carbonyl (C=O) groups is 2. The Morgan fingerprint density at radius 1 is 1.36 bits per heavy atom. The molecule has 1 rings (SSSR count). The van der Waals surface area contributed by atoms with Crippen molar-refractivity contribution in [2.45, 2.75) is 77.7 Å². The van der Waals surface area contributed by atoms with Crippen molar-refractivity contribution in [3.05, 3.63) is 12.2 Å². The van der Waals surface area contributed by atoms with E-state index in [2.05, 4.69) is 6.92 Å². The Hall–Kier alpha value is -1.07. The first-order valence-electron chi connectivity index (χ1n) is 9.48. The fourth-order valence-electron chi connectivity index (χ4n) is 3.45. The van der Waals surface area contributed by atoms with Gasteiger partial charge in [-0.2, -0.15) is 0 Å². The lowest BCUT2D eigenvalue weighted by Crippen LogP contribution is -2.20. The van der Waals surface area contributed by atoms with Gasteiger partial charge in [0.15, 0.2) is 5.78 Å². The molecule has 0 aromatic rings. The molecule has 1 fully saturated rings. The van der Waals surface area contributed by atoms with Crippen molar-refractivity contribution in [2.75, 3.05) is 0 Å². The topological polar surface area (TPSA) is 74.6 Å². The largest absolute Gasteiger partial charge is 0.481 e. The van der Waals surface area contributed by atoms with Gasteiger partial charge in [0.1, 0.15) is 0 Å². The molecule has 5 heteroatoms. The van der Waals surface area contributed by atoms with Crippen LogP contribution in [0.2, 0.25) is 0 Å². The van der Waals surface area contributed by atoms with Crippen molar-refractivity contribution in [3.8, 4) is 0 Å². The average Bonchev–Trinajstić information content (AvgIpc) is 2.80. The van der Waals surface area contributed by atoms with Gasteiger partial charge in [0.25, 0.3) is 0 Å². The van der Waals surface area contributed by atoms with Gasteiger partial charge in [-0.1, -0.05) is 57.5 Å². The molecular formula is C20H32O4S. The lowest BCUT2D eigenvalue weighted by Gasteiger charge is -2.20. The zero-order chi connectivity index (χ0) is 18.8. The van der Waals surface area contributed by atoms with E-state index in [1.807, 2.05) is 19.1 Å². The molecule has 0 aliphatic heterocycles. The smallest absolute Gasteiger partial charge is 0.303 e. The molecule has 2 N–H and O–H groups in total. The van der Waals surface area contributed by atoms with E-state index in [4.69, 9.17) is 17.3 Å². The number of thiocarbonyl (C=S) groups is 1. The van der Waals surface area contributed by atoms with Gasteiger partial charge in [0.05, 0.1) is 11.0 Å². The molecule has 4 unspecified atom stereocenters. The first kappa shape index (κ1) is 22.0. The van der Waals surface area contributed by atoms with E-state index in [0.29, 0.717) is 30.5 Å². The summed E-state index contributed by atoms with van der Waals surface area (Å²) in [6, 6.07) is 0. The van der Waals surface area contributed by atoms with Gasteiger partial charge in [-0.15, -0.1) is 0 Å². The summed E-state index contributed by atoms with van der Waals surface area (Å²) < 4.78 is 0. The number of aliphatic hydroxyl groups excluding tert-OH is 1. The van der Waals surface area contributed by atoms with Crippen LogP contribution < -0.4 is 0 Å². The molecular weight excluding hydrogens is 336 g/mol. The second-order valence-electron chi connectivity index (χ2n) is 7.32. The highest BCUT2D eigenvalue weighted by Crippen LogP contribution is 2.34. The summed E-state index contributed by atoms with van der Waals surface area (Å²) in [6.45, 7) is 4.12. The van der Waals surface area contributed by atoms with E-state index in [-0.39, 0.29) is 36.1 Å². The second kappa shape index (κ2) is 11.5. The van der Waals surface area contributed by atoms with Gasteiger partial charge >= 0.3 is 5.97 Å². The van der Waals surface area contributed by atoms with E-state index < -0.39 is 5.97 Å². The summed E-state index contributed by atoms with van der Waals surface area (Å²) in [5.41, 5.74) is 0. The number of ketones is 1. The number of allylic oxidation sites excluding steroid dienone is 2. The van der Waals surface area contributed by atoms with Crippen molar-refractivity contribution in [2.24, 2.45) is 17.8 Å². The van der Waals surface area contributed by atoms with Crippen LogP contribution in [0, 0.1) is 17.8 Å². The molecule has 0 bridgehead atoms. The highest BCUT2D eigenvalue weighted by atomic mass is 32.1. The van der Waals surface area contributed by atoms with Crippen LogP contribution >= 0.6 is 12.2 Å². The third-order valence-electron chi connectivity index (χ3n) is 5.01. The Bertz CT molecular complexity index is 486. The zero-order valence-corrected chi connectivity index (χ0v) is 16.3. The van der Waals surface area contributed by atoms with Crippen LogP contribution in [0.3, 0.4) is 0 Å². The van der Waals surface area contributed by atoms with E-state index in [1.54, 1.807) is 0 Å². The van der Waals surface area contributed by atoms with Crippen LogP contribution in [0.25, 0.3) is 0 Å². The number of aliphatic hydroxyl groups is 1. The van der Waals surface area contributed by atoms with E-state index in [0.717, 1.165) is 25.7 Å². The van der Waals surface area contributed by atoms with Crippen LogP contribution in [0.15, 0.2) is 12.2 Å². The van der Waals surface area contributed by atoms with Crippen molar-refractivity contribution < 1.29 is 19.8 Å². The number of carboxylic acid groups (broad SMARTS) is 1. The van der Waals surface area contributed by atoms with Gasteiger partial charge in [0.2, 0.25) is 0 Å². The average molecular weight is 369 g/mol. The molecule has 0 aromatic carbocycles. The minimum Gasteiger partial charge on any atom is -0.481 e. The summed E-state index contributed by atoms with van der Waals surface area (Å²) in [7, 11) is 0. The molecule has 1 aliphatic rings. The predicted octanol–water partition coefficient (Wildman–Crippen LogP) is 4.34. The minimum absolute atomic E-state index is 0.0589. The lowest BCUT2D eigenvalue weighted by molar-refractivity contribution is -0.137. The maximum absolute atomic E-state index is 12.3. The SMILES string of the molecule is CCCCCC(O)CC1CC(=S)C(=O)C1CC=CC(C)CCC(=O)O. The van der Waals surface area contributed by atoms with Crippen LogP contribution in [0.1, 0.15) is 71.6 Å². The van der Waals surface area contributed by atoms with Gasteiger partial charge < -0.3 is 10.2 Å². The summed E-state index contributed by atoms with van der Waals surface area (Å²) >= 11 is 5.21. The third kappa shape index (κ3) is 8.23. The molecule has 4 nitrogen and oxygen atoms in total. The summed E-state index contributed by atoms with van der Waals surface area (Å²) in [4.78, 5) is 23.4. The Morgan fingerprint density at radius 3 is 2.72 bits per heavy atom. The number of Topliss-reactive ketones (excluding diaryl/α,β-unsaturated/α-hetero) is 1. The van der Waals surface area contributed by atoms with Crippen LogP contribution in [-0.2, 0) is 9.59 Å². The van der Waals surface area contributed by atoms with Crippen molar-refractivity contribution in [3.63, 3.8) is 0 Å². The fraction of sp³-hybridized carbons (Fsp3) is 0.750. The number of hydrogen-bond acceptors (Lipinski definition) is 4. The molecule has 142 valence electrons. The molecule has 0 radical (unpaired) electrons. The van der Waals surface area contributed by atoms with E-state index >= 15 is 0 Å². The molecule has 25 heavy (non-hydrogen) atoms. The zero-order valence-electron chi connectivity index (χ0n) is 15.4. The van der Waals surface area contributed by atoms with Gasteiger partial charge in [-0.05, 0) is 43.9 Å². The summed E-state index contributed by atoms with van der Waals surface area (Å²) in [5, 5.41) is 18.9. The molecule has 0 amide bonds. The first-order valence-corrected chi connectivity index (χ1v) is 9.89. The number of unbranched alkanes of at least 4 members (excludes halogenated alkanes) is 2. The van der Waals surface area contributed by atoms with Gasteiger partial charge in [0, 0.05) is 12.3 Å². The highest BCUT2D eigenvalue weighted by molar-refractivity contribution is 7.82. The maximum atomic E-state index is 12.3. The number of carboxylic acids is 1. The number of aliphatic carboxylic acids is 1. The molecule has 0 aromatic heterocycles. The Kier molecular flexibility index (Phi) is 10.1.